The van der Waals surface area contributed by atoms with Crippen LogP contribution in [0.1, 0.15) is 29.8 Å². The number of carbonyl (C=O) groups excluding carboxylic acids is 4. The number of hydrogen-bond acceptors (Lipinski definition) is 8. The molecule has 1 heterocycles. The molecule has 11 heteroatoms. The Balaban J connectivity index is 1.87. The summed E-state index contributed by atoms with van der Waals surface area (Å²) in [5.41, 5.74) is 0.778. The second-order valence-electron chi connectivity index (χ2n) is 6.74. The first-order valence-corrected chi connectivity index (χ1v) is 12.1. The smallest absolute Gasteiger partial charge is 0.343 e. The molecule has 178 valence electrons. The van der Waals surface area contributed by atoms with Crippen LogP contribution in [0.2, 0.25) is 5.02 Å². The van der Waals surface area contributed by atoms with E-state index in [0.29, 0.717) is 26.8 Å². The Morgan fingerprint density at radius 1 is 1.15 bits per heavy atom. The predicted molar refractivity (Wildman–Crippen MR) is 131 cm³/mol. The van der Waals surface area contributed by atoms with Gasteiger partial charge in [-0.1, -0.05) is 17.7 Å². The Morgan fingerprint density at radius 2 is 1.91 bits per heavy atom. The quantitative estimate of drug-likeness (QED) is 0.240. The third kappa shape index (κ3) is 6.19. The fraction of sp³-hybridized carbons (Fsp3) is 0.217. The minimum atomic E-state index is -0.668. The van der Waals surface area contributed by atoms with Crippen LogP contribution in [0, 0.1) is 0 Å². The number of imide groups is 1. The van der Waals surface area contributed by atoms with Crippen molar-refractivity contribution < 1.29 is 33.4 Å². The third-order valence-electron chi connectivity index (χ3n) is 4.35. The molecule has 0 radical (unpaired) electrons. The van der Waals surface area contributed by atoms with Crippen LogP contribution in [-0.4, -0.2) is 47.7 Å². The fourth-order valence-corrected chi connectivity index (χ4v) is 4.49. The zero-order valence-corrected chi connectivity index (χ0v) is 21.3. The molecule has 0 saturated carbocycles. The highest BCUT2D eigenvalue weighted by molar-refractivity contribution is 9.10. The first-order chi connectivity index (χ1) is 16.2. The molecule has 1 fully saturated rings. The standard InChI is InChI=1S/C23H19BrClNO7S/c1-3-31-17-9-13(10-18-21(28)26(23(30)34-18)12-19(27)32-4-2)8-16(24)20(17)33-22(29)14-6-5-7-15(25)11-14/h5-11H,3-4,12H2,1-2H3/b18-10-. The number of halogens is 2. The number of rotatable bonds is 8. The van der Waals surface area contributed by atoms with E-state index in [1.807, 2.05) is 0 Å². The SMILES string of the molecule is CCOC(=O)CN1C(=O)S/C(=C\c2cc(Br)c(OC(=O)c3cccc(Cl)c3)c(OCC)c2)C1=O. The Hall–Kier alpha value is -2.82. The van der Waals surface area contributed by atoms with Crippen LogP contribution in [0.4, 0.5) is 4.79 Å². The molecule has 2 amide bonds. The van der Waals surface area contributed by atoms with Gasteiger partial charge in [-0.25, -0.2) is 4.79 Å². The van der Waals surface area contributed by atoms with E-state index in [0.717, 1.165) is 4.90 Å². The van der Waals surface area contributed by atoms with Crippen molar-refractivity contribution in [1.82, 2.24) is 4.90 Å². The second-order valence-corrected chi connectivity index (χ2v) is 9.02. The summed E-state index contributed by atoms with van der Waals surface area (Å²) in [6.07, 6.45) is 1.49. The summed E-state index contributed by atoms with van der Waals surface area (Å²) in [6.45, 7) is 3.38. The zero-order chi connectivity index (χ0) is 24.8. The van der Waals surface area contributed by atoms with Crippen molar-refractivity contribution in [3.8, 4) is 11.5 Å². The Bertz CT molecular complexity index is 1180. The van der Waals surface area contributed by atoms with E-state index >= 15 is 0 Å². The Kier molecular flexibility index (Phi) is 8.76. The second kappa shape index (κ2) is 11.5. The molecule has 0 aliphatic carbocycles. The molecule has 2 aromatic rings. The van der Waals surface area contributed by atoms with Crippen molar-refractivity contribution >= 4 is 68.5 Å². The minimum absolute atomic E-state index is 0.132. The van der Waals surface area contributed by atoms with E-state index < -0.39 is 29.6 Å². The highest BCUT2D eigenvalue weighted by Gasteiger charge is 2.36. The van der Waals surface area contributed by atoms with Crippen LogP contribution < -0.4 is 9.47 Å². The van der Waals surface area contributed by atoms with Crippen LogP contribution in [0.15, 0.2) is 45.8 Å². The van der Waals surface area contributed by atoms with Crippen LogP contribution in [0.5, 0.6) is 11.5 Å². The van der Waals surface area contributed by atoms with Crippen LogP contribution in [-0.2, 0) is 14.3 Å². The number of amides is 2. The zero-order valence-electron chi connectivity index (χ0n) is 18.1. The first-order valence-electron chi connectivity index (χ1n) is 10.1. The van der Waals surface area contributed by atoms with Gasteiger partial charge in [0.2, 0.25) is 0 Å². The monoisotopic (exact) mass is 567 g/mol. The molecule has 0 unspecified atom stereocenters. The highest BCUT2D eigenvalue weighted by Crippen LogP contribution is 2.39. The molecule has 0 bridgehead atoms. The molecule has 3 rings (SSSR count). The van der Waals surface area contributed by atoms with Gasteiger partial charge in [0, 0.05) is 5.02 Å². The van der Waals surface area contributed by atoms with Crippen molar-refractivity contribution in [2.75, 3.05) is 19.8 Å². The van der Waals surface area contributed by atoms with Gasteiger partial charge in [-0.05, 0) is 83.5 Å². The van der Waals surface area contributed by atoms with Gasteiger partial charge in [0.15, 0.2) is 11.5 Å². The lowest BCUT2D eigenvalue weighted by atomic mass is 10.1. The molecule has 0 atom stereocenters. The van der Waals surface area contributed by atoms with Gasteiger partial charge >= 0.3 is 11.9 Å². The maximum atomic E-state index is 12.6. The fourth-order valence-electron chi connectivity index (χ4n) is 2.92. The van der Waals surface area contributed by atoms with E-state index in [1.165, 1.54) is 12.1 Å². The van der Waals surface area contributed by atoms with Crippen molar-refractivity contribution in [3.05, 3.63) is 61.9 Å². The van der Waals surface area contributed by atoms with Gasteiger partial charge in [-0.2, -0.15) is 0 Å². The van der Waals surface area contributed by atoms with Gasteiger partial charge in [-0.3, -0.25) is 19.3 Å². The molecular formula is C23H19BrClNO7S. The molecule has 0 aromatic heterocycles. The highest BCUT2D eigenvalue weighted by atomic mass is 79.9. The van der Waals surface area contributed by atoms with Gasteiger partial charge in [-0.15, -0.1) is 0 Å². The van der Waals surface area contributed by atoms with Gasteiger partial charge in [0.05, 0.1) is 28.2 Å². The number of hydrogen-bond donors (Lipinski definition) is 0. The topological polar surface area (TPSA) is 99.2 Å². The van der Waals surface area contributed by atoms with Crippen molar-refractivity contribution in [2.24, 2.45) is 0 Å². The minimum Gasteiger partial charge on any atom is -0.490 e. The lowest BCUT2D eigenvalue weighted by Crippen LogP contribution is -2.34. The van der Waals surface area contributed by atoms with Crippen LogP contribution in [0.25, 0.3) is 6.08 Å². The summed E-state index contributed by atoms with van der Waals surface area (Å²) in [4.78, 5) is 50.1. The molecule has 8 nitrogen and oxygen atoms in total. The largest absolute Gasteiger partial charge is 0.490 e. The third-order valence-corrected chi connectivity index (χ3v) is 6.08. The van der Waals surface area contributed by atoms with E-state index in [1.54, 1.807) is 44.2 Å². The van der Waals surface area contributed by atoms with E-state index in [-0.39, 0.29) is 35.2 Å². The molecule has 2 aromatic carbocycles. The Morgan fingerprint density at radius 3 is 2.59 bits per heavy atom. The van der Waals surface area contributed by atoms with Crippen LogP contribution in [0.3, 0.4) is 0 Å². The number of esters is 2. The average Bonchev–Trinajstić information content (AvgIpc) is 3.03. The van der Waals surface area contributed by atoms with Gasteiger partial charge in [0.25, 0.3) is 11.1 Å². The summed E-state index contributed by atoms with van der Waals surface area (Å²) in [5.74, 6) is -1.49. The number of ether oxygens (including phenoxy) is 3. The molecule has 0 spiro atoms. The normalized spacial score (nSPS) is 14.5. The summed E-state index contributed by atoms with van der Waals surface area (Å²) in [7, 11) is 0. The van der Waals surface area contributed by atoms with E-state index in [2.05, 4.69) is 15.9 Å². The molecule has 0 N–H and O–H groups in total. The molecule has 34 heavy (non-hydrogen) atoms. The molecule has 1 saturated heterocycles. The lowest BCUT2D eigenvalue weighted by Gasteiger charge is -2.14. The molecule has 1 aliphatic rings. The summed E-state index contributed by atoms with van der Waals surface area (Å²) >= 11 is 10.0. The lowest BCUT2D eigenvalue weighted by molar-refractivity contribution is -0.145. The number of thioether (sulfide) groups is 1. The van der Waals surface area contributed by atoms with E-state index in [9.17, 15) is 19.2 Å². The average molecular weight is 569 g/mol. The first kappa shape index (κ1) is 25.8. The van der Waals surface area contributed by atoms with Crippen molar-refractivity contribution in [3.63, 3.8) is 0 Å². The molecule has 1 aliphatic heterocycles. The van der Waals surface area contributed by atoms with Gasteiger partial charge in [0.1, 0.15) is 6.54 Å². The summed E-state index contributed by atoms with van der Waals surface area (Å²) in [5, 5.41) is -0.175. The Labute approximate surface area is 213 Å². The van der Waals surface area contributed by atoms with Crippen LogP contribution >= 0.6 is 39.3 Å². The number of nitrogens with zero attached hydrogens (tertiary/aromatic N) is 1. The maximum absolute atomic E-state index is 12.6. The van der Waals surface area contributed by atoms with Crippen molar-refractivity contribution in [1.29, 1.82) is 0 Å². The summed E-state index contributed by atoms with van der Waals surface area (Å²) in [6, 6.07) is 9.53. The van der Waals surface area contributed by atoms with Crippen molar-refractivity contribution in [2.45, 2.75) is 13.8 Å². The van der Waals surface area contributed by atoms with E-state index in [4.69, 9.17) is 25.8 Å². The summed E-state index contributed by atoms with van der Waals surface area (Å²) < 4.78 is 16.4. The maximum Gasteiger partial charge on any atom is 0.343 e. The number of benzene rings is 2. The molecular weight excluding hydrogens is 550 g/mol. The predicted octanol–water partition coefficient (Wildman–Crippen LogP) is 5.32. The van der Waals surface area contributed by atoms with Gasteiger partial charge < -0.3 is 14.2 Å². The number of carbonyl (C=O) groups is 4.